The summed E-state index contributed by atoms with van der Waals surface area (Å²) < 4.78 is 1.91. The molecule has 5 heteroatoms. The summed E-state index contributed by atoms with van der Waals surface area (Å²) in [5.74, 6) is 0.336. The Bertz CT molecular complexity index is 622. The lowest BCUT2D eigenvalue weighted by molar-refractivity contribution is -0.127. The van der Waals surface area contributed by atoms with Gasteiger partial charge in [0.15, 0.2) is 0 Å². The number of hydrogen-bond acceptors (Lipinski definition) is 3. The Kier molecular flexibility index (Phi) is 3.75. The van der Waals surface area contributed by atoms with Crippen LogP contribution < -0.4 is 5.73 Å². The van der Waals surface area contributed by atoms with Crippen molar-refractivity contribution in [2.45, 2.75) is 19.0 Å². The van der Waals surface area contributed by atoms with Gasteiger partial charge < -0.3 is 10.6 Å². The quantitative estimate of drug-likeness (QED) is 0.923. The first-order valence-electron chi connectivity index (χ1n) is 7.21. The molecule has 2 N–H and O–H groups in total. The van der Waals surface area contributed by atoms with Crippen LogP contribution in [0, 0.1) is 5.92 Å². The molecule has 5 nitrogen and oxygen atoms in total. The first kappa shape index (κ1) is 13.8. The highest BCUT2D eigenvalue weighted by Gasteiger charge is 2.38. The second-order valence-corrected chi connectivity index (χ2v) is 5.61. The predicted octanol–water partition coefficient (Wildman–Crippen LogP) is 1.41. The Morgan fingerprint density at radius 3 is 2.81 bits per heavy atom. The summed E-state index contributed by atoms with van der Waals surface area (Å²) in [6.07, 6.45) is 4.41. The minimum Gasteiger partial charge on any atom is -0.338 e. The van der Waals surface area contributed by atoms with Gasteiger partial charge in [-0.3, -0.25) is 9.48 Å². The summed E-state index contributed by atoms with van der Waals surface area (Å²) in [6.45, 7) is 1.25. The van der Waals surface area contributed by atoms with Crippen molar-refractivity contribution >= 4 is 5.91 Å². The lowest BCUT2D eigenvalue weighted by Crippen LogP contribution is -2.26. The Morgan fingerprint density at radius 2 is 2.10 bits per heavy atom. The molecule has 0 aliphatic carbocycles. The SMILES string of the molecule is CN1C(=O)C[C@@H](CN)[C@@H]1c1cnn(Cc2ccccc2)c1. The summed E-state index contributed by atoms with van der Waals surface area (Å²) in [4.78, 5) is 13.7. The fourth-order valence-corrected chi connectivity index (χ4v) is 3.05. The molecule has 1 aliphatic rings. The van der Waals surface area contributed by atoms with Gasteiger partial charge in [0.1, 0.15) is 0 Å². The Hall–Kier alpha value is -2.14. The molecule has 0 saturated carbocycles. The van der Waals surface area contributed by atoms with Gasteiger partial charge in [0.05, 0.1) is 18.8 Å². The van der Waals surface area contributed by atoms with E-state index in [2.05, 4.69) is 17.2 Å². The van der Waals surface area contributed by atoms with Crippen molar-refractivity contribution in [3.8, 4) is 0 Å². The average Bonchev–Trinajstić information content (AvgIpc) is 3.05. The van der Waals surface area contributed by atoms with E-state index in [9.17, 15) is 4.79 Å². The summed E-state index contributed by atoms with van der Waals surface area (Å²) >= 11 is 0. The third kappa shape index (κ3) is 2.69. The Balaban J connectivity index is 1.80. The van der Waals surface area contributed by atoms with Crippen LogP contribution in [-0.4, -0.2) is 34.2 Å². The summed E-state index contributed by atoms with van der Waals surface area (Å²) in [6, 6.07) is 10.3. The monoisotopic (exact) mass is 284 g/mol. The van der Waals surface area contributed by atoms with Crippen LogP contribution in [-0.2, 0) is 11.3 Å². The van der Waals surface area contributed by atoms with E-state index in [0.717, 1.165) is 12.1 Å². The van der Waals surface area contributed by atoms with Crippen molar-refractivity contribution in [1.29, 1.82) is 0 Å². The van der Waals surface area contributed by atoms with E-state index in [1.54, 1.807) is 4.90 Å². The molecule has 2 aromatic rings. The zero-order chi connectivity index (χ0) is 14.8. The second-order valence-electron chi connectivity index (χ2n) is 5.61. The lowest BCUT2D eigenvalue weighted by atomic mass is 9.96. The molecule has 1 amide bonds. The molecule has 1 aromatic heterocycles. The zero-order valence-corrected chi connectivity index (χ0v) is 12.1. The third-order valence-corrected chi connectivity index (χ3v) is 4.18. The van der Waals surface area contributed by atoms with E-state index in [1.165, 1.54) is 5.56 Å². The number of aromatic nitrogens is 2. The van der Waals surface area contributed by atoms with E-state index in [4.69, 9.17) is 5.73 Å². The molecular weight excluding hydrogens is 264 g/mol. The topological polar surface area (TPSA) is 64.2 Å². The molecule has 110 valence electrons. The van der Waals surface area contributed by atoms with Crippen LogP contribution >= 0.6 is 0 Å². The van der Waals surface area contributed by atoms with Crippen LogP contribution in [0.15, 0.2) is 42.7 Å². The van der Waals surface area contributed by atoms with Crippen molar-refractivity contribution in [3.05, 3.63) is 53.9 Å². The fourth-order valence-electron chi connectivity index (χ4n) is 3.05. The van der Waals surface area contributed by atoms with Gasteiger partial charge >= 0.3 is 0 Å². The van der Waals surface area contributed by atoms with E-state index < -0.39 is 0 Å². The molecule has 0 radical (unpaired) electrons. The zero-order valence-electron chi connectivity index (χ0n) is 12.1. The summed E-state index contributed by atoms with van der Waals surface area (Å²) in [5, 5.41) is 4.42. The number of likely N-dealkylation sites (tertiary alicyclic amines) is 1. The number of rotatable bonds is 4. The predicted molar refractivity (Wildman–Crippen MR) is 80.4 cm³/mol. The van der Waals surface area contributed by atoms with Gasteiger partial charge in [-0.15, -0.1) is 0 Å². The number of carbonyl (C=O) groups excluding carboxylic acids is 1. The van der Waals surface area contributed by atoms with Crippen molar-refractivity contribution in [1.82, 2.24) is 14.7 Å². The highest BCUT2D eigenvalue weighted by Crippen LogP contribution is 2.35. The van der Waals surface area contributed by atoms with Gasteiger partial charge in [0.2, 0.25) is 5.91 Å². The van der Waals surface area contributed by atoms with Crippen molar-refractivity contribution in [2.24, 2.45) is 11.7 Å². The van der Waals surface area contributed by atoms with E-state index in [1.807, 2.05) is 42.3 Å². The van der Waals surface area contributed by atoms with E-state index in [0.29, 0.717) is 13.0 Å². The van der Waals surface area contributed by atoms with Crippen LogP contribution in [0.4, 0.5) is 0 Å². The highest BCUT2D eigenvalue weighted by atomic mass is 16.2. The van der Waals surface area contributed by atoms with Crippen LogP contribution in [0.25, 0.3) is 0 Å². The van der Waals surface area contributed by atoms with Crippen molar-refractivity contribution in [2.75, 3.05) is 13.6 Å². The largest absolute Gasteiger partial charge is 0.338 e. The molecule has 0 spiro atoms. The van der Waals surface area contributed by atoms with Gasteiger partial charge in [-0.1, -0.05) is 30.3 Å². The fraction of sp³-hybridized carbons (Fsp3) is 0.375. The third-order valence-electron chi connectivity index (χ3n) is 4.18. The number of hydrogen-bond donors (Lipinski definition) is 1. The number of carbonyl (C=O) groups is 1. The van der Waals surface area contributed by atoms with Crippen LogP contribution in [0.1, 0.15) is 23.6 Å². The first-order valence-corrected chi connectivity index (χ1v) is 7.21. The summed E-state index contributed by atoms with van der Waals surface area (Å²) in [5.41, 5.74) is 8.08. The Labute approximate surface area is 124 Å². The normalized spacial score (nSPS) is 22.0. The van der Waals surface area contributed by atoms with Gasteiger partial charge in [0.25, 0.3) is 0 Å². The maximum atomic E-state index is 11.9. The molecule has 2 atom stereocenters. The molecule has 3 rings (SSSR count). The van der Waals surface area contributed by atoms with Gasteiger partial charge in [-0.25, -0.2) is 0 Å². The molecule has 1 fully saturated rings. The molecule has 1 aromatic carbocycles. The first-order chi connectivity index (χ1) is 10.2. The number of amides is 1. The minimum atomic E-state index is 0.0482. The molecule has 0 unspecified atom stereocenters. The Morgan fingerprint density at radius 1 is 1.33 bits per heavy atom. The minimum absolute atomic E-state index is 0.0482. The molecular formula is C16H20N4O. The lowest BCUT2D eigenvalue weighted by Gasteiger charge is -2.22. The van der Waals surface area contributed by atoms with Gasteiger partial charge in [-0.2, -0.15) is 5.10 Å². The number of nitrogens with two attached hydrogens (primary N) is 1. The van der Waals surface area contributed by atoms with Crippen molar-refractivity contribution in [3.63, 3.8) is 0 Å². The molecule has 1 saturated heterocycles. The number of benzene rings is 1. The second kappa shape index (κ2) is 5.69. The smallest absolute Gasteiger partial charge is 0.223 e. The van der Waals surface area contributed by atoms with E-state index >= 15 is 0 Å². The van der Waals surface area contributed by atoms with Gasteiger partial charge in [0, 0.05) is 31.1 Å². The highest BCUT2D eigenvalue weighted by molar-refractivity contribution is 5.79. The standard InChI is InChI=1S/C16H20N4O/c1-19-15(21)7-13(8-17)16(19)14-9-18-20(11-14)10-12-5-3-2-4-6-12/h2-6,9,11,13,16H,7-8,10,17H2,1H3/t13-,16+/m0/s1. The van der Waals surface area contributed by atoms with Crippen molar-refractivity contribution < 1.29 is 4.79 Å². The van der Waals surface area contributed by atoms with Crippen LogP contribution in [0.5, 0.6) is 0 Å². The molecule has 1 aliphatic heterocycles. The van der Waals surface area contributed by atoms with Gasteiger partial charge in [-0.05, 0) is 12.1 Å². The maximum absolute atomic E-state index is 11.9. The van der Waals surface area contributed by atoms with Crippen LogP contribution in [0.3, 0.4) is 0 Å². The molecule has 21 heavy (non-hydrogen) atoms. The van der Waals surface area contributed by atoms with E-state index in [-0.39, 0.29) is 17.9 Å². The molecule has 2 heterocycles. The average molecular weight is 284 g/mol. The molecule has 0 bridgehead atoms. The maximum Gasteiger partial charge on any atom is 0.223 e. The summed E-state index contributed by atoms with van der Waals surface area (Å²) in [7, 11) is 1.84. The number of nitrogens with zero attached hydrogens (tertiary/aromatic N) is 3. The van der Waals surface area contributed by atoms with Crippen LogP contribution in [0.2, 0.25) is 0 Å².